The highest BCUT2D eigenvalue weighted by molar-refractivity contribution is 5.46. The third kappa shape index (κ3) is 2.46. The molecule has 1 aliphatic heterocycles. The van der Waals surface area contributed by atoms with Crippen molar-refractivity contribution in [2.24, 2.45) is 5.92 Å². The van der Waals surface area contributed by atoms with Crippen LogP contribution in [-0.4, -0.2) is 10.9 Å². The molecule has 16 heavy (non-hydrogen) atoms. The predicted molar refractivity (Wildman–Crippen MR) is 69.8 cm³/mol. The first kappa shape index (κ1) is 11.3. The summed E-state index contributed by atoms with van der Waals surface area (Å²) in [5.41, 5.74) is 2.47. The van der Waals surface area contributed by atoms with Crippen molar-refractivity contribution in [2.75, 3.05) is 0 Å². The van der Waals surface area contributed by atoms with Gasteiger partial charge in [-0.25, -0.2) is 0 Å². The Morgan fingerprint density at radius 3 is 2.88 bits per heavy atom. The molecule has 1 nitrogen and oxygen atoms in total. The molecule has 1 saturated carbocycles. The van der Waals surface area contributed by atoms with E-state index in [-0.39, 0.29) is 0 Å². The SMILES string of the molecule is C=C(/C=C\C=C/C)C1=CN1C(CC)C1CC1. The molecular formula is C15H21N. The van der Waals surface area contributed by atoms with Crippen molar-refractivity contribution < 1.29 is 0 Å². The topological polar surface area (TPSA) is 3.01 Å². The molecule has 0 spiro atoms. The van der Waals surface area contributed by atoms with Crippen LogP contribution >= 0.6 is 0 Å². The molecule has 1 aliphatic carbocycles. The number of hydrogen-bond donors (Lipinski definition) is 0. The van der Waals surface area contributed by atoms with Crippen LogP contribution in [0.4, 0.5) is 0 Å². The maximum atomic E-state index is 4.10. The molecule has 0 N–H and O–H groups in total. The quantitative estimate of drug-likeness (QED) is 0.605. The minimum absolute atomic E-state index is 0.738. The zero-order valence-corrected chi connectivity index (χ0v) is 10.3. The Morgan fingerprint density at radius 2 is 2.31 bits per heavy atom. The van der Waals surface area contributed by atoms with Crippen LogP contribution in [0.3, 0.4) is 0 Å². The molecule has 0 aromatic carbocycles. The summed E-state index contributed by atoms with van der Waals surface area (Å²) in [7, 11) is 0. The summed E-state index contributed by atoms with van der Waals surface area (Å²) in [5, 5.41) is 0. The third-order valence-corrected chi connectivity index (χ3v) is 3.34. The molecular weight excluding hydrogens is 194 g/mol. The summed E-state index contributed by atoms with van der Waals surface area (Å²) in [6, 6.07) is 0.738. The van der Waals surface area contributed by atoms with E-state index in [4.69, 9.17) is 0 Å². The Labute approximate surface area is 98.8 Å². The van der Waals surface area contributed by atoms with E-state index in [1.165, 1.54) is 25.0 Å². The van der Waals surface area contributed by atoms with E-state index in [0.717, 1.165) is 17.5 Å². The van der Waals surface area contributed by atoms with Crippen molar-refractivity contribution in [2.45, 2.75) is 39.2 Å². The Morgan fingerprint density at radius 1 is 1.56 bits per heavy atom. The molecule has 1 heteroatoms. The van der Waals surface area contributed by atoms with Gasteiger partial charge in [0, 0.05) is 12.2 Å². The number of allylic oxidation sites excluding steroid dienone is 4. The van der Waals surface area contributed by atoms with Crippen LogP contribution in [0.5, 0.6) is 0 Å². The van der Waals surface area contributed by atoms with Crippen LogP contribution < -0.4 is 0 Å². The van der Waals surface area contributed by atoms with Crippen LogP contribution in [0.15, 0.2) is 48.4 Å². The molecule has 0 aromatic heterocycles. The highest BCUT2D eigenvalue weighted by atomic mass is 15.3. The van der Waals surface area contributed by atoms with Crippen molar-refractivity contribution in [1.29, 1.82) is 0 Å². The minimum atomic E-state index is 0.738. The maximum absolute atomic E-state index is 4.10. The van der Waals surface area contributed by atoms with Gasteiger partial charge in [0.25, 0.3) is 0 Å². The van der Waals surface area contributed by atoms with Crippen LogP contribution in [0.25, 0.3) is 0 Å². The Balaban J connectivity index is 1.85. The molecule has 0 saturated heterocycles. The largest absolute Gasteiger partial charge is 0.341 e. The van der Waals surface area contributed by atoms with Crippen LogP contribution in [0, 0.1) is 5.92 Å². The van der Waals surface area contributed by atoms with Gasteiger partial charge in [0.2, 0.25) is 0 Å². The first-order valence-electron chi connectivity index (χ1n) is 6.26. The van der Waals surface area contributed by atoms with Gasteiger partial charge in [-0.05, 0) is 37.7 Å². The van der Waals surface area contributed by atoms with E-state index in [1.807, 2.05) is 19.1 Å². The van der Waals surface area contributed by atoms with E-state index in [2.05, 4.69) is 36.8 Å². The fourth-order valence-corrected chi connectivity index (χ4v) is 2.23. The van der Waals surface area contributed by atoms with Crippen molar-refractivity contribution in [3.05, 3.63) is 48.4 Å². The van der Waals surface area contributed by atoms with Gasteiger partial charge in [0.05, 0.1) is 5.70 Å². The highest BCUT2D eigenvalue weighted by Crippen LogP contribution is 2.43. The Kier molecular flexibility index (Phi) is 3.33. The van der Waals surface area contributed by atoms with Gasteiger partial charge in [0.1, 0.15) is 0 Å². The van der Waals surface area contributed by atoms with E-state index in [9.17, 15) is 0 Å². The van der Waals surface area contributed by atoms with E-state index < -0.39 is 0 Å². The second-order valence-corrected chi connectivity index (χ2v) is 4.64. The van der Waals surface area contributed by atoms with Gasteiger partial charge in [-0.3, -0.25) is 0 Å². The van der Waals surface area contributed by atoms with Crippen LogP contribution in [0.1, 0.15) is 33.1 Å². The fraction of sp³-hybridized carbons (Fsp3) is 0.467. The lowest BCUT2D eigenvalue weighted by molar-refractivity contribution is 0.363. The number of nitrogens with zero attached hydrogens (tertiary/aromatic N) is 1. The van der Waals surface area contributed by atoms with Gasteiger partial charge < -0.3 is 4.90 Å². The van der Waals surface area contributed by atoms with Gasteiger partial charge in [0.15, 0.2) is 0 Å². The molecule has 0 radical (unpaired) electrons. The smallest absolute Gasteiger partial charge is 0.0642 e. The van der Waals surface area contributed by atoms with E-state index >= 15 is 0 Å². The zero-order valence-electron chi connectivity index (χ0n) is 10.3. The monoisotopic (exact) mass is 215 g/mol. The number of hydrogen-bond acceptors (Lipinski definition) is 1. The van der Waals surface area contributed by atoms with Gasteiger partial charge in [-0.2, -0.15) is 0 Å². The van der Waals surface area contributed by atoms with Gasteiger partial charge in [-0.1, -0.05) is 37.8 Å². The molecule has 0 bridgehead atoms. The number of rotatable bonds is 6. The van der Waals surface area contributed by atoms with Gasteiger partial charge >= 0.3 is 0 Å². The zero-order chi connectivity index (χ0) is 11.5. The van der Waals surface area contributed by atoms with Crippen molar-refractivity contribution >= 4 is 0 Å². The molecule has 1 unspecified atom stereocenters. The van der Waals surface area contributed by atoms with Crippen LogP contribution in [-0.2, 0) is 0 Å². The van der Waals surface area contributed by atoms with Crippen molar-refractivity contribution in [1.82, 2.24) is 4.90 Å². The standard InChI is InChI=1S/C15H21N/c1-4-6-7-8-12(3)15-11-16(15)14(5-2)13-9-10-13/h4,6-8,11,13-14H,3,5,9-10H2,1-2H3/b6-4-,8-7-. The normalized spacial score (nSPS) is 21.6. The van der Waals surface area contributed by atoms with Crippen molar-refractivity contribution in [3.63, 3.8) is 0 Å². The predicted octanol–water partition coefficient (Wildman–Crippen LogP) is 4.02. The summed E-state index contributed by atoms with van der Waals surface area (Å²) >= 11 is 0. The average molecular weight is 215 g/mol. The molecule has 2 rings (SSSR count). The Bertz CT molecular complexity index is 356. The summed E-state index contributed by atoms with van der Waals surface area (Å²) < 4.78 is 0. The lowest BCUT2D eigenvalue weighted by atomic mass is 10.1. The molecule has 1 fully saturated rings. The molecule has 0 aromatic rings. The molecule has 0 amide bonds. The first-order chi connectivity index (χ1) is 7.77. The molecule has 86 valence electrons. The van der Waals surface area contributed by atoms with Crippen LogP contribution in [0.2, 0.25) is 0 Å². The molecule has 1 heterocycles. The fourth-order valence-electron chi connectivity index (χ4n) is 2.23. The lowest BCUT2D eigenvalue weighted by Crippen LogP contribution is -2.21. The lowest BCUT2D eigenvalue weighted by Gasteiger charge is -2.18. The van der Waals surface area contributed by atoms with Crippen molar-refractivity contribution in [3.8, 4) is 0 Å². The summed E-state index contributed by atoms with van der Waals surface area (Å²) in [6.07, 6.45) is 14.5. The molecule has 2 aliphatic rings. The summed E-state index contributed by atoms with van der Waals surface area (Å²) in [6.45, 7) is 8.41. The Hall–Kier alpha value is -1.24. The highest BCUT2D eigenvalue weighted by Gasteiger charge is 2.39. The molecule has 1 atom stereocenters. The summed E-state index contributed by atoms with van der Waals surface area (Å²) in [4.78, 5) is 2.42. The first-order valence-corrected chi connectivity index (χ1v) is 6.26. The third-order valence-electron chi connectivity index (χ3n) is 3.34. The second-order valence-electron chi connectivity index (χ2n) is 4.64. The van der Waals surface area contributed by atoms with E-state index in [1.54, 1.807) is 0 Å². The van der Waals surface area contributed by atoms with E-state index in [0.29, 0.717) is 0 Å². The van der Waals surface area contributed by atoms with Gasteiger partial charge in [-0.15, -0.1) is 0 Å². The maximum Gasteiger partial charge on any atom is 0.0642 e. The second kappa shape index (κ2) is 4.73. The minimum Gasteiger partial charge on any atom is -0.341 e. The summed E-state index contributed by atoms with van der Waals surface area (Å²) in [5.74, 6) is 0.936. The average Bonchev–Trinajstić information content (AvgIpc) is 3.13.